The van der Waals surface area contributed by atoms with Gasteiger partial charge >= 0.3 is 0 Å². The van der Waals surface area contributed by atoms with Gasteiger partial charge in [0.2, 0.25) is 0 Å². The Labute approximate surface area is 94.4 Å². The van der Waals surface area contributed by atoms with Gasteiger partial charge in [-0.1, -0.05) is 26.7 Å². The van der Waals surface area contributed by atoms with Crippen molar-refractivity contribution in [2.45, 2.75) is 51.6 Å². The summed E-state index contributed by atoms with van der Waals surface area (Å²) < 4.78 is 0. The molecule has 1 aliphatic carbocycles. The van der Waals surface area contributed by atoms with Gasteiger partial charge in [-0.3, -0.25) is 4.90 Å². The Morgan fingerprint density at radius 3 is 2.40 bits per heavy atom. The number of hydrogen-bond acceptors (Lipinski definition) is 2. The number of nitrogens with zero attached hydrogens (tertiary/aromatic N) is 1. The van der Waals surface area contributed by atoms with Crippen LogP contribution in [0.1, 0.15) is 39.5 Å². The maximum Gasteiger partial charge on any atom is 0.0249 e. The van der Waals surface area contributed by atoms with Crippen molar-refractivity contribution in [2.75, 3.05) is 20.1 Å². The van der Waals surface area contributed by atoms with Crippen molar-refractivity contribution in [3.63, 3.8) is 0 Å². The third kappa shape index (κ3) is 2.36. The van der Waals surface area contributed by atoms with E-state index in [2.05, 4.69) is 31.1 Å². The predicted octanol–water partition coefficient (Wildman–Crippen LogP) is 2.10. The van der Waals surface area contributed by atoms with Crippen molar-refractivity contribution < 1.29 is 0 Å². The van der Waals surface area contributed by atoms with Crippen LogP contribution in [0.25, 0.3) is 0 Å². The van der Waals surface area contributed by atoms with Crippen LogP contribution in [0.3, 0.4) is 0 Å². The summed E-state index contributed by atoms with van der Waals surface area (Å²) in [5.74, 6) is 1.84. The first-order chi connectivity index (χ1) is 7.22. The Bertz CT molecular complexity index is 197. The molecule has 2 fully saturated rings. The zero-order valence-electron chi connectivity index (χ0n) is 10.5. The van der Waals surface area contributed by atoms with E-state index < -0.39 is 0 Å². The number of nitrogens with one attached hydrogen (secondary N) is 1. The molecule has 1 saturated carbocycles. The van der Waals surface area contributed by atoms with Crippen molar-refractivity contribution in [1.82, 2.24) is 10.2 Å². The highest BCUT2D eigenvalue weighted by atomic mass is 15.2. The molecule has 2 unspecified atom stereocenters. The van der Waals surface area contributed by atoms with E-state index in [0.29, 0.717) is 0 Å². The minimum Gasteiger partial charge on any atom is -0.315 e. The molecule has 2 rings (SSSR count). The first-order valence-electron chi connectivity index (χ1n) is 6.63. The summed E-state index contributed by atoms with van der Waals surface area (Å²) in [6.07, 6.45) is 5.65. The Hall–Kier alpha value is -0.0800. The van der Waals surface area contributed by atoms with E-state index in [-0.39, 0.29) is 0 Å². The van der Waals surface area contributed by atoms with Gasteiger partial charge < -0.3 is 5.32 Å². The summed E-state index contributed by atoms with van der Waals surface area (Å²) in [6.45, 7) is 7.41. The van der Waals surface area contributed by atoms with Crippen LogP contribution in [0.4, 0.5) is 0 Å². The Morgan fingerprint density at radius 1 is 1.13 bits per heavy atom. The molecule has 88 valence electrons. The first-order valence-corrected chi connectivity index (χ1v) is 6.63. The summed E-state index contributed by atoms with van der Waals surface area (Å²) in [5.41, 5.74) is 0. The summed E-state index contributed by atoms with van der Waals surface area (Å²) in [7, 11) is 2.13. The lowest BCUT2D eigenvalue weighted by Gasteiger charge is -2.50. The minimum absolute atomic E-state index is 0.756. The molecule has 0 aromatic rings. The Kier molecular flexibility index (Phi) is 3.68. The smallest absolute Gasteiger partial charge is 0.0249 e. The van der Waals surface area contributed by atoms with Gasteiger partial charge in [0.25, 0.3) is 0 Å². The van der Waals surface area contributed by atoms with Gasteiger partial charge in [0.1, 0.15) is 0 Å². The number of rotatable bonds is 3. The van der Waals surface area contributed by atoms with Crippen LogP contribution in [0, 0.1) is 11.8 Å². The van der Waals surface area contributed by atoms with Gasteiger partial charge in [-0.15, -0.1) is 0 Å². The second kappa shape index (κ2) is 4.84. The molecule has 1 aliphatic heterocycles. The third-order valence-electron chi connectivity index (χ3n) is 4.45. The minimum atomic E-state index is 0.756. The molecule has 0 aromatic carbocycles. The van der Waals surface area contributed by atoms with Gasteiger partial charge in [0, 0.05) is 25.2 Å². The Balaban J connectivity index is 1.83. The van der Waals surface area contributed by atoms with Crippen LogP contribution in [0.15, 0.2) is 0 Å². The largest absolute Gasteiger partial charge is 0.315 e. The topological polar surface area (TPSA) is 15.3 Å². The van der Waals surface area contributed by atoms with Crippen LogP contribution in [0.5, 0.6) is 0 Å². The van der Waals surface area contributed by atoms with Crippen LogP contribution >= 0.6 is 0 Å². The van der Waals surface area contributed by atoms with Crippen LogP contribution in [-0.2, 0) is 0 Å². The van der Waals surface area contributed by atoms with Gasteiger partial charge in [0.15, 0.2) is 0 Å². The molecule has 2 heteroatoms. The number of likely N-dealkylation sites (N-methyl/N-ethyl adjacent to an activating group) is 1. The highest BCUT2D eigenvalue weighted by Crippen LogP contribution is 2.31. The lowest BCUT2D eigenvalue weighted by atomic mass is 9.82. The summed E-state index contributed by atoms with van der Waals surface area (Å²) in [6, 6.07) is 1.59. The summed E-state index contributed by atoms with van der Waals surface area (Å²) in [5, 5.41) is 3.51. The highest BCUT2D eigenvalue weighted by molar-refractivity contribution is 4.94. The first kappa shape index (κ1) is 11.4. The molecule has 1 N–H and O–H groups in total. The zero-order chi connectivity index (χ0) is 10.8. The SMILES string of the molecule is CNC1CCCCC1N1CC(C(C)C)C1. The maximum atomic E-state index is 3.51. The zero-order valence-corrected chi connectivity index (χ0v) is 10.5. The number of hydrogen-bond donors (Lipinski definition) is 1. The maximum absolute atomic E-state index is 3.51. The van der Waals surface area contributed by atoms with Gasteiger partial charge in [-0.25, -0.2) is 0 Å². The molecule has 2 nitrogen and oxygen atoms in total. The fraction of sp³-hybridized carbons (Fsp3) is 1.00. The average Bonchev–Trinajstić information content (AvgIpc) is 2.15. The molecule has 2 atom stereocenters. The fourth-order valence-corrected chi connectivity index (χ4v) is 3.13. The summed E-state index contributed by atoms with van der Waals surface area (Å²) in [4.78, 5) is 2.71. The predicted molar refractivity (Wildman–Crippen MR) is 65.0 cm³/mol. The second-order valence-electron chi connectivity index (χ2n) is 5.70. The fourth-order valence-electron chi connectivity index (χ4n) is 3.13. The van der Waals surface area contributed by atoms with E-state index in [0.717, 1.165) is 23.9 Å². The van der Waals surface area contributed by atoms with E-state index in [4.69, 9.17) is 0 Å². The monoisotopic (exact) mass is 210 g/mol. The molecule has 2 aliphatic rings. The van der Waals surface area contributed by atoms with E-state index >= 15 is 0 Å². The van der Waals surface area contributed by atoms with E-state index in [1.807, 2.05) is 0 Å². The van der Waals surface area contributed by atoms with E-state index in [1.165, 1.54) is 38.8 Å². The molecular formula is C13H26N2. The molecule has 0 amide bonds. The normalized spacial score (nSPS) is 34.4. The Morgan fingerprint density at radius 2 is 1.80 bits per heavy atom. The van der Waals surface area contributed by atoms with E-state index in [9.17, 15) is 0 Å². The number of likely N-dealkylation sites (tertiary alicyclic amines) is 1. The standard InChI is InChI=1S/C13H26N2/c1-10(2)11-8-15(9-11)13-7-5-4-6-12(13)14-3/h10-14H,4-9H2,1-3H3. The lowest BCUT2D eigenvalue weighted by Crippen LogP contribution is -2.60. The van der Waals surface area contributed by atoms with Crippen molar-refractivity contribution >= 4 is 0 Å². The van der Waals surface area contributed by atoms with Crippen LogP contribution < -0.4 is 5.32 Å². The van der Waals surface area contributed by atoms with Crippen molar-refractivity contribution in [2.24, 2.45) is 11.8 Å². The molecule has 0 radical (unpaired) electrons. The van der Waals surface area contributed by atoms with Crippen molar-refractivity contribution in [1.29, 1.82) is 0 Å². The van der Waals surface area contributed by atoms with Crippen LogP contribution in [-0.4, -0.2) is 37.1 Å². The van der Waals surface area contributed by atoms with Crippen LogP contribution in [0.2, 0.25) is 0 Å². The van der Waals surface area contributed by atoms with Gasteiger partial charge in [0.05, 0.1) is 0 Å². The quantitative estimate of drug-likeness (QED) is 0.767. The highest BCUT2D eigenvalue weighted by Gasteiger charge is 2.37. The lowest BCUT2D eigenvalue weighted by molar-refractivity contribution is 0.000792. The second-order valence-corrected chi connectivity index (χ2v) is 5.70. The molecule has 15 heavy (non-hydrogen) atoms. The molecule has 1 saturated heterocycles. The van der Waals surface area contributed by atoms with Crippen molar-refractivity contribution in [3.8, 4) is 0 Å². The molecule has 0 bridgehead atoms. The van der Waals surface area contributed by atoms with Gasteiger partial charge in [-0.05, 0) is 31.7 Å². The third-order valence-corrected chi connectivity index (χ3v) is 4.45. The molecule has 0 spiro atoms. The van der Waals surface area contributed by atoms with Crippen molar-refractivity contribution in [3.05, 3.63) is 0 Å². The summed E-state index contributed by atoms with van der Waals surface area (Å²) >= 11 is 0. The molecule has 1 heterocycles. The molecule has 0 aromatic heterocycles. The van der Waals surface area contributed by atoms with E-state index in [1.54, 1.807) is 0 Å². The van der Waals surface area contributed by atoms with Gasteiger partial charge in [-0.2, -0.15) is 0 Å². The average molecular weight is 210 g/mol. The molecular weight excluding hydrogens is 184 g/mol.